The molecule has 1 aromatic carbocycles. The number of aliphatic hydroxyl groups is 1. The highest BCUT2D eigenvalue weighted by molar-refractivity contribution is 5.75. The number of aryl methyl sites for hydroxylation is 1. The van der Waals surface area contributed by atoms with Crippen molar-refractivity contribution in [3.63, 3.8) is 0 Å². The van der Waals surface area contributed by atoms with E-state index in [9.17, 15) is 14.7 Å². The van der Waals surface area contributed by atoms with Crippen molar-refractivity contribution in [3.8, 4) is 0 Å². The van der Waals surface area contributed by atoms with E-state index in [0.29, 0.717) is 32.1 Å². The summed E-state index contributed by atoms with van der Waals surface area (Å²) in [6.45, 7) is 1.87. The molecule has 0 saturated heterocycles. The van der Waals surface area contributed by atoms with Crippen molar-refractivity contribution in [1.29, 1.82) is 0 Å². The van der Waals surface area contributed by atoms with Crippen molar-refractivity contribution in [2.24, 2.45) is 5.92 Å². The Morgan fingerprint density at radius 2 is 1.96 bits per heavy atom. The molecule has 1 aliphatic rings. The number of nitrogens with one attached hydrogen (secondary N) is 2. The number of aliphatic carboxylic acids is 1. The number of carboxylic acid groups (broad SMARTS) is 1. The summed E-state index contributed by atoms with van der Waals surface area (Å²) in [7, 11) is 0. The molecule has 0 bridgehead atoms. The number of benzene rings is 1. The van der Waals surface area contributed by atoms with Crippen LogP contribution in [-0.4, -0.2) is 40.9 Å². The average Bonchev–Trinajstić information content (AvgIpc) is 2.54. The predicted molar refractivity (Wildman–Crippen MR) is 90.8 cm³/mol. The number of carbonyl (C=O) groups excluding carboxylic acids is 1. The molecule has 0 heterocycles. The van der Waals surface area contributed by atoms with Crippen molar-refractivity contribution < 1.29 is 19.8 Å². The van der Waals surface area contributed by atoms with Gasteiger partial charge in [-0.2, -0.15) is 0 Å². The molecule has 0 radical (unpaired) electrons. The Kier molecular flexibility index (Phi) is 6.61. The minimum Gasteiger partial charge on any atom is -0.481 e. The maximum Gasteiger partial charge on any atom is 0.315 e. The molecule has 0 spiro atoms. The lowest BCUT2D eigenvalue weighted by molar-refractivity contribution is -0.142. The molecule has 4 N–H and O–H groups in total. The van der Waals surface area contributed by atoms with E-state index in [0.717, 1.165) is 11.1 Å². The molecule has 1 atom stereocenters. The molecule has 24 heavy (non-hydrogen) atoms. The molecule has 1 fully saturated rings. The van der Waals surface area contributed by atoms with Crippen LogP contribution in [0.4, 0.5) is 4.79 Å². The van der Waals surface area contributed by atoms with E-state index < -0.39 is 5.97 Å². The second kappa shape index (κ2) is 8.68. The van der Waals surface area contributed by atoms with Gasteiger partial charge in [0.05, 0.1) is 18.6 Å². The maximum absolute atomic E-state index is 12.1. The molecule has 0 aliphatic heterocycles. The van der Waals surface area contributed by atoms with Crippen LogP contribution in [0, 0.1) is 12.8 Å². The van der Waals surface area contributed by atoms with Gasteiger partial charge in [-0.25, -0.2) is 4.79 Å². The van der Waals surface area contributed by atoms with Crippen molar-refractivity contribution in [2.75, 3.05) is 6.61 Å². The largest absolute Gasteiger partial charge is 0.481 e. The van der Waals surface area contributed by atoms with Gasteiger partial charge in [-0.1, -0.05) is 29.8 Å². The van der Waals surface area contributed by atoms with Gasteiger partial charge >= 0.3 is 12.0 Å². The summed E-state index contributed by atoms with van der Waals surface area (Å²) >= 11 is 0. The molecule has 132 valence electrons. The number of aliphatic hydroxyl groups excluding tert-OH is 1. The predicted octanol–water partition coefficient (Wildman–Crippen LogP) is 1.84. The van der Waals surface area contributed by atoms with Crippen LogP contribution in [0.15, 0.2) is 24.3 Å². The first-order valence-electron chi connectivity index (χ1n) is 8.44. The second-order valence-electron chi connectivity index (χ2n) is 6.58. The van der Waals surface area contributed by atoms with Gasteiger partial charge < -0.3 is 20.8 Å². The lowest BCUT2D eigenvalue weighted by Gasteiger charge is -2.27. The van der Waals surface area contributed by atoms with Gasteiger partial charge in [-0.05, 0) is 44.6 Å². The highest BCUT2D eigenvalue weighted by Crippen LogP contribution is 2.24. The van der Waals surface area contributed by atoms with E-state index in [1.54, 1.807) is 0 Å². The first kappa shape index (κ1) is 18.3. The normalized spacial score (nSPS) is 21.8. The molecular formula is C18H26N2O4. The summed E-state index contributed by atoms with van der Waals surface area (Å²) in [5, 5.41) is 24.2. The van der Waals surface area contributed by atoms with Gasteiger partial charge in [0.15, 0.2) is 0 Å². The van der Waals surface area contributed by atoms with Crippen LogP contribution in [-0.2, 0) is 11.2 Å². The number of urea groups is 1. The molecule has 2 rings (SSSR count). The molecule has 6 nitrogen and oxygen atoms in total. The molecule has 2 amide bonds. The molecule has 1 saturated carbocycles. The Labute approximate surface area is 142 Å². The summed E-state index contributed by atoms with van der Waals surface area (Å²) in [5.41, 5.74) is 2.21. The smallest absolute Gasteiger partial charge is 0.315 e. The Morgan fingerprint density at radius 1 is 1.25 bits per heavy atom. The van der Waals surface area contributed by atoms with Crippen molar-refractivity contribution in [1.82, 2.24) is 10.6 Å². The van der Waals surface area contributed by atoms with Crippen molar-refractivity contribution >= 4 is 12.0 Å². The van der Waals surface area contributed by atoms with Crippen LogP contribution in [0.3, 0.4) is 0 Å². The average molecular weight is 334 g/mol. The highest BCUT2D eigenvalue weighted by atomic mass is 16.4. The van der Waals surface area contributed by atoms with Crippen LogP contribution in [0.5, 0.6) is 0 Å². The van der Waals surface area contributed by atoms with E-state index >= 15 is 0 Å². The fourth-order valence-corrected chi connectivity index (χ4v) is 3.18. The van der Waals surface area contributed by atoms with E-state index in [4.69, 9.17) is 5.11 Å². The van der Waals surface area contributed by atoms with Crippen molar-refractivity contribution in [2.45, 2.75) is 51.1 Å². The zero-order chi connectivity index (χ0) is 17.5. The van der Waals surface area contributed by atoms with E-state index in [1.807, 2.05) is 31.2 Å². The molecule has 1 aliphatic carbocycles. The summed E-state index contributed by atoms with van der Waals surface area (Å²) in [4.78, 5) is 23.0. The Hall–Kier alpha value is -2.08. The van der Waals surface area contributed by atoms with E-state index in [1.165, 1.54) is 0 Å². The third-order valence-electron chi connectivity index (χ3n) is 4.53. The molecule has 1 unspecified atom stereocenters. The fraction of sp³-hybridized carbons (Fsp3) is 0.556. The van der Waals surface area contributed by atoms with Gasteiger partial charge in [-0.15, -0.1) is 0 Å². The lowest BCUT2D eigenvalue weighted by Crippen LogP contribution is -2.49. The van der Waals surface area contributed by atoms with Crippen molar-refractivity contribution in [3.05, 3.63) is 35.4 Å². The maximum atomic E-state index is 12.1. The first-order valence-corrected chi connectivity index (χ1v) is 8.44. The third kappa shape index (κ3) is 5.53. The Morgan fingerprint density at radius 3 is 2.54 bits per heavy atom. The summed E-state index contributed by atoms with van der Waals surface area (Å²) in [6.07, 6.45) is 3.09. The molecule has 0 aromatic heterocycles. The second-order valence-corrected chi connectivity index (χ2v) is 6.58. The number of rotatable bonds is 6. The van der Waals surface area contributed by atoms with Crippen LogP contribution >= 0.6 is 0 Å². The third-order valence-corrected chi connectivity index (χ3v) is 4.53. The minimum absolute atomic E-state index is 0.00101. The van der Waals surface area contributed by atoms with E-state index in [2.05, 4.69) is 10.6 Å². The molecule has 1 aromatic rings. The van der Waals surface area contributed by atoms with Gasteiger partial charge in [0, 0.05) is 6.04 Å². The number of carboxylic acids is 1. The van der Waals surface area contributed by atoms with Gasteiger partial charge in [0.25, 0.3) is 0 Å². The standard InChI is InChI=1S/C18H26N2O4/c1-12-3-2-4-13(9-12)10-16(11-21)20-18(24)19-15-7-5-14(6-8-15)17(22)23/h2-4,9,14-16,21H,5-8,10-11H2,1H3,(H,22,23)(H2,19,20,24). The van der Waals surface area contributed by atoms with Gasteiger partial charge in [-0.3, -0.25) is 4.79 Å². The quantitative estimate of drug-likeness (QED) is 0.638. The number of hydrogen-bond donors (Lipinski definition) is 4. The van der Waals surface area contributed by atoms with Crippen LogP contribution in [0.1, 0.15) is 36.8 Å². The zero-order valence-electron chi connectivity index (χ0n) is 14.0. The number of carbonyl (C=O) groups is 2. The number of hydrogen-bond acceptors (Lipinski definition) is 3. The van der Waals surface area contributed by atoms with Crippen LogP contribution in [0.25, 0.3) is 0 Å². The van der Waals surface area contributed by atoms with Crippen LogP contribution in [0.2, 0.25) is 0 Å². The summed E-state index contributed by atoms with van der Waals surface area (Å²) in [5.74, 6) is -1.05. The monoisotopic (exact) mass is 334 g/mol. The number of amides is 2. The van der Waals surface area contributed by atoms with Gasteiger partial charge in [0.2, 0.25) is 0 Å². The highest BCUT2D eigenvalue weighted by Gasteiger charge is 2.27. The lowest BCUT2D eigenvalue weighted by atomic mass is 9.86. The topological polar surface area (TPSA) is 98.7 Å². The minimum atomic E-state index is -0.753. The van der Waals surface area contributed by atoms with Gasteiger partial charge in [0.1, 0.15) is 0 Å². The Balaban J connectivity index is 1.79. The Bertz CT molecular complexity index is 568. The molecule has 6 heteroatoms. The zero-order valence-corrected chi connectivity index (χ0v) is 14.0. The van der Waals surface area contributed by atoms with E-state index in [-0.39, 0.29) is 30.6 Å². The molecular weight excluding hydrogens is 308 g/mol. The SMILES string of the molecule is Cc1cccc(CC(CO)NC(=O)NC2CCC(C(=O)O)CC2)c1. The summed E-state index contributed by atoms with van der Waals surface area (Å²) in [6, 6.07) is 7.32. The summed E-state index contributed by atoms with van der Waals surface area (Å²) < 4.78 is 0. The first-order chi connectivity index (χ1) is 11.5. The van der Waals surface area contributed by atoms with Crippen LogP contribution < -0.4 is 10.6 Å². The fourth-order valence-electron chi connectivity index (χ4n) is 3.18.